The van der Waals surface area contributed by atoms with Crippen LogP contribution in [0.15, 0.2) is 24.3 Å². The second kappa shape index (κ2) is 7.45. The first-order chi connectivity index (χ1) is 10.5. The molecule has 2 N–H and O–H groups in total. The van der Waals surface area contributed by atoms with Crippen LogP contribution < -0.4 is 20.3 Å². The van der Waals surface area contributed by atoms with Gasteiger partial charge in [0.2, 0.25) is 0 Å². The van der Waals surface area contributed by atoms with Gasteiger partial charge >= 0.3 is 0 Å². The van der Waals surface area contributed by atoms with E-state index in [2.05, 4.69) is 10.6 Å². The number of para-hydroxylation sites is 2. The molecule has 0 fully saturated rings. The Labute approximate surface area is 137 Å². The molecule has 0 saturated carbocycles. The highest BCUT2D eigenvalue weighted by Crippen LogP contribution is 2.33. The van der Waals surface area contributed by atoms with Crippen LogP contribution >= 0.6 is 12.2 Å². The molecule has 0 spiro atoms. The Morgan fingerprint density at radius 2 is 2.18 bits per heavy atom. The number of ether oxygens (including phenoxy) is 1. The third-order valence-electron chi connectivity index (χ3n) is 3.27. The number of hydrogen-bond acceptors (Lipinski definition) is 3. The number of benzene rings is 1. The molecule has 1 aliphatic heterocycles. The second-order valence-corrected chi connectivity index (χ2v) is 5.97. The van der Waals surface area contributed by atoms with E-state index < -0.39 is 6.10 Å². The molecule has 0 aromatic heterocycles. The van der Waals surface area contributed by atoms with E-state index in [-0.39, 0.29) is 11.9 Å². The fourth-order valence-electron chi connectivity index (χ4n) is 2.25. The molecule has 0 aliphatic carbocycles. The molecular formula is C16H23N3O2S. The maximum atomic E-state index is 12.2. The fraction of sp³-hybridized carbons (Fsp3) is 0.500. The van der Waals surface area contributed by atoms with Crippen molar-refractivity contribution in [3.63, 3.8) is 0 Å². The predicted molar refractivity (Wildman–Crippen MR) is 92.4 cm³/mol. The Morgan fingerprint density at radius 1 is 1.45 bits per heavy atom. The Bertz CT molecular complexity index is 548. The topological polar surface area (TPSA) is 53.6 Å². The summed E-state index contributed by atoms with van der Waals surface area (Å²) in [6.45, 7) is 7.14. The van der Waals surface area contributed by atoms with Crippen molar-refractivity contribution in [2.24, 2.45) is 0 Å². The number of amides is 1. The summed E-state index contributed by atoms with van der Waals surface area (Å²) in [5.41, 5.74) is 0.889. The zero-order chi connectivity index (χ0) is 16.1. The molecule has 22 heavy (non-hydrogen) atoms. The van der Waals surface area contributed by atoms with Crippen molar-refractivity contribution in [3.05, 3.63) is 24.3 Å². The molecule has 1 atom stereocenters. The number of hydrogen-bond donors (Lipinski definition) is 2. The van der Waals surface area contributed by atoms with Crippen LogP contribution in [-0.4, -0.2) is 36.3 Å². The minimum absolute atomic E-state index is 0.103. The van der Waals surface area contributed by atoms with Gasteiger partial charge in [0.1, 0.15) is 5.75 Å². The van der Waals surface area contributed by atoms with Crippen LogP contribution in [-0.2, 0) is 4.79 Å². The van der Waals surface area contributed by atoms with Gasteiger partial charge in [0.05, 0.1) is 12.2 Å². The largest absolute Gasteiger partial charge is 0.477 e. The summed E-state index contributed by atoms with van der Waals surface area (Å²) in [6.07, 6.45) is 0.333. The minimum Gasteiger partial charge on any atom is -0.477 e. The van der Waals surface area contributed by atoms with Crippen molar-refractivity contribution in [2.45, 2.75) is 39.3 Å². The Hall–Kier alpha value is -1.82. The molecule has 1 aromatic carbocycles. The monoisotopic (exact) mass is 321 g/mol. The van der Waals surface area contributed by atoms with Crippen LogP contribution in [0.5, 0.6) is 5.75 Å². The van der Waals surface area contributed by atoms with Gasteiger partial charge in [0.25, 0.3) is 5.91 Å². The van der Waals surface area contributed by atoms with Gasteiger partial charge in [-0.05, 0) is 44.6 Å². The van der Waals surface area contributed by atoms with E-state index in [9.17, 15) is 4.79 Å². The summed E-state index contributed by atoms with van der Waals surface area (Å²) >= 11 is 5.48. The van der Waals surface area contributed by atoms with Gasteiger partial charge in [-0.15, -0.1) is 0 Å². The quantitative estimate of drug-likeness (QED) is 0.832. The Balaban J connectivity index is 2.21. The van der Waals surface area contributed by atoms with E-state index in [0.29, 0.717) is 24.0 Å². The average molecular weight is 321 g/mol. The van der Waals surface area contributed by atoms with Crippen LogP contribution in [0.1, 0.15) is 27.2 Å². The van der Waals surface area contributed by atoms with Gasteiger partial charge < -0.3 is 20.3 Å². The lowest BCUT2D eigenvalue weighted by Crippen LogP contribution is -2.53. The lowest BCUT2D eigenvalue weighted by molar-refractivity contribution is -0.127. The molecular weight excluding hydrogens is 298 g/mol. The van der Waals surface area contributed by atoms with E-state index in [4.69, 9.17) is 17.0 Å². The third-order valence-corrected chi connectivity index (χ3v) is 3.61. The summed E-state index contributed by atoms with van der Waals surface area (Å²) in [7, 11) is 0. The number of fused-ring (bicyclic) bond motifs is 1. The first-order valence-corrected chi connectivity index (χ1v) is 8.05. The first-order valence-electron chi connectivity index (χ1n) is 7.64. The van der Waals surface area contributed by atoms with Gasteiger partial charge in [-0.1, -0.05) is 19.1 Å². The van der Waals surface area contributed by atoms with Crippen molar-refractivity contribution >= 4 is 28.9 Å². The predicted octanol–water partition coefficient (Wildman–Crippen LogP) is 2.06. The van der Waals surface area contributed by atoms with Crippen LogP contribution in [0.3, 0.4) is 0 Å². The van der Waals surface area contributed by atoms with Crippen LogP contribution in [0.2, 0.25) is 0 Å². The normalized spacial score (nSPS) is 16.7. The van der Waals surface area contributed by atoms with Gasteiger partial charge in [-0.3, -0.25) is 4.79 Å². The van der Waals surface area contributed by atoms with Gasteiger partial charge in [0, 0.05) is 12.6 Å². The molecule has 6 heteroatoms. The Kier molecular flexibility index (Phi) is 5.60. The van der Waals surface area contributed by atoms with Crippen molar-refractivity contribution < 1.29 is 9.53 Å². The van der Waals surface area contributed by atoms with E-state index in [1.54, 1.807) is 0 Å². The third kappa shape index (κ3) is 3.88. The van der Waals surface area contributed by atoms with Crippen LogP contribution in [0.25, 0.3) is 0 Å². The molecule has 0 bridgehead atoms. The average Bonchev–Trinajstić information content (AvgIpc) is 2.50. The highest BCUT2D eigenvalue weighted by Gasteiger charge is 2.32. The molecule has 120 valence electrons. The number of thiocarbonyl (C=S) groups is 1. The molecule has 5 nitrogen and oxygen atoms in total. The summed E-state index contributed by atoms with van der Waals surface area (Å²) in [5.74, 6) is 0.576. The van der Waals surface area contributed by atoms with Crippen molar-refractivity contribution in [1.82, 2.24) is 10.6 Å². The van der Waals surface area contributed by atoms with Crippen molar-refractivity contribution in [2.75, 3.05) is 18.0 Å². The minimum atomic E-state index is -0.562. The van der Waals surface area contributed by atoms with Gasteiger partial charge in [0.15, 0.2) is 11.2 Å². The molecule has 0 radical (unpaired) electrons. The van der Waals surface area contributed by atoms with Crippen LogP contribution in [0, 0.1) is 0 Å². The number of nitrogens with one attached hydrogen (secondary N) is 2. The van der Waals surface area contributed by atoms with E-state index in [1.165, 1.54) is 0 Å². The molecule has 1 heterocycles. The summed E-state index contributed by atoms with van der Waals surface area (Å²) in [5, 5.41) is 6.72. The van der Waals surface area contributed by atoms with Crippen molar-refractivity contribution in [3.8, 4) is 5.75 Å². The molecule has 2 rings (SSSR count). The van der Waals surface area contributed by atoms with E-state index in [1.807, 2.05) is 49.9 Å². The fourth-order valence-corrected chi connectivity index (χ4v) is 2.66. The summed E-state index contributed by atoms with van der Waals surface area (Å²) in [6, 6.07) is 7.87. The maximum Gasteiger partial charge on any atom is 0.262 e. The van der Waals surface area contributed by atoms with Crippen molar-refractivity contribution in [1.29, 1.82) is 0 Å². The molecule has 0 saturated heterocycles. The molecule has 0 unspecified atom stereocenters. The number of nitrogens with zero attached hydrogens (tertiary/aromatic N) is 1. The number of carbonyl (C=O) groups excluding carboxylic acids is 1. The maximum absolute atomic E-state index is 12.2. The van der Waals surface area contributed by atoms with E-state index >= 15 is 0 Å². The van der Waals surface area contributed by atoms with Gasteiger partial charge in [-0.25, -0.2) is 0 Å². The lowest BCUT2D eigenvalue weighted by Gasteiger charge is -2.36. The smallest absolute Gasteiger partial charge is 0.262 e. The molecule has 1 aromatic rings. The second-order valence-electron chi connectivity index (χ2n) is 5.58. The van der Waals surface area contributed by atoms with E-state index in [0.717, 1.165) is 12.1 Å². The first kappa shape index (κ1) is 16.5. The Morgan fingerprint density at radius 3 is 2.86 bits per heavy atom. The zero-order valence-corrected chi connectivity index (χ0v) is 14.1. The number of anilines is 1. The summed E-state index contributed by atoms with van der Waals surface area (Å²) < 4.78 is 5.84. The molecule has 1 amide bonds. The summed E-state index contributed by atoms with van der Waals surface area (Å²) in [4.78, 5) is 14.2. The lowest BCUT2D eigenvalue weighted by atomic mass is 10.2. The molecule has 1 aliphatic rings. The highest BCUT2D eigenvalue weighted by atomic mass is 32.1. The zero-order valence-electron chi connectivity index (χ0n) is 13.3. The standard InChI is InChI=1S/C16H23N3O2S/c1-4-9-17-15(20)14-10-19(16(22)18-11(2)3)12-7-5-6-8-13(12)21-14/h5-8,11,14H,4,9-10H2,1-3H3,(H,17,20)(H,18,22)/t14-/m0/s1. The van der Waals surface area contributed by atoms with Crippen LogP contribution in [0.4, 0.5) is 5.69 Å². The van der Waals surface area contributed by atoms with Gasteiger partial charge in [-0.2, -0.15) is 0 Å². The number of rotatable bonds is 4. The highest BCUT2D eigenvalue weighted by molar-refractivity contribution is 7.80. The number of carbonyl (C=O) groups is 1. The SMILES string of the molecule is CCCNC(=O)[C@@H]1CN(C(=S)NC(C)C)c2ccccc2O1.